The van der Waals surface area contributed by atoms with Gasteiger partial charge in [0.05, 0.1) is 13.3 Å². The topological polar surface area (TPSA) is 79.8 Å². The molecule has 148 valence electrons. The van der Waals surface area contributed by atoms with Gasteiger partial charge in [-0.05, 0) is 43.2 Å². The van der Waals surface area contributed by atoms with Crippen LogP contribution in [0.15, 0.2) is 47.6 Å². The molecule has 2 amide bonds. The van der Waals surface area contributed by atoms with Crippen molar-refractivity contribution in [2.75, 3.05) is 7.11 Å². The molecular weight excluding hydrogens is 378 g/mol. The van der Waals surface area contributed by atoms with Gasteiger partial charge < -0.3 is 10.1 Å². The van der Waals surface area contributed by atoms with Crippen molar-refractivity contribution in [2.24, 2.45) is 11.0 Å². The van der Waals surface area contributed by atoms with E-state index in [1.165, 1.54) is 13.3 Å². The Labute approximate surface area is 169 Å². The van der Waals surface area contributed by atoms with Crippen LogP contribution < -0.4 is 15.5 Å². The SMILES string of the molecule is COc1ccc(Cl)cc1/C=N\NC(=O)C(NC(=O)c1ccc(C)cc1)C(C)C. The molecule has 2 aromatic carbocycles. The zero-order valence-electron chi connectivity index (χ0n) is 16.3. The Kier molecular flexibility index (Phi) is 7.58. The second-order valence-electron chi connectivity index (χ2n) is 6.68. The van der Waals surface area contributed by atoms with E-state index in [-0.39, 0.29) is 11.8 Å². The van der Waals surface area contributed by atoms with Crippen LogP contribution in [0.2, 0.25) is 5.02 Å². The van der Waals surface area contributed by atoms with Crippen LogP contribution in [0.1, 0.15) is 35.3 Å². The van der Waals surface area contributed by atoms with E-state index in [0.717, 1.165) is 5.56 Å². The fraction of sp³-hybridized carbons (Fsp3) is 0.286. The van der Waals surface area contributed by atoms with Crippen LogP contribution in [-0.4, -0.2) is 31.2 Å². The zero-order chi connectivity index (χ0) is 20.7. The van der Waals surface area contributed by atoms with E-state index in [1.807, 2.05) is 32.9 Å². The Morgan fingerprint density at radius 2 is 1.82 bits per heavy atom. The summed E-state index contributed by atoms with van der Waals surface area (Å²) < 4.78 is 5.23. The third kappa shape index (κ3) is 5.82. The molecule has 0 fully saturated rings. The summed E-state index contributed by atoms with van der Waals surface area (Å²) in [6.07, 6.45) is 1.45. The van der Waals surface area contributed by atoms with E-state index in [9.17, 15) is 9.59 Å². The summed E-state index contributed by atoms with van der Waals surface area (Å²) in [5.74, 6) is -0.261. The fourth-order valence-corrected chi connectivity index (χ4v) is 2.69. The number of nitrogens with zero attached hydrogens (tertiary/aromatic N) is 1. The van der Waals surface area contributed by atoms with Crippen LogP contribution in [0.4, 0.5) is 0 Å². The molecule has 0 aliphatic rings. The number of rotatable bonds is 7. The summed E-state index contributed by atoms with van der Waals surface area (Å²) in [6, 6.07) is 11.5. The number of ether oxygens (including phenoxy) is 1. The Morgan fingerprint density at radius 1 is 1.14 bits per heavy atom. The monoisotopic (exact) mass is 401 g/mol. The van der Waals surface area contributed by atoms with Crippen LogP contribution in [-0.2, 0) is 4.79 Å². The van der Waals surface area contributed by atoms with Crippen molar-refractivity contribution in [3.63, 3.8) is 0 Å². The molecule has 0 aliphatic heterocycles. The molecule has 0 spiro atoms. The van der Waals surface area contributed by atoms with Gasteiger partial charge >= 0.3 is 0 Å². The highest BCUT2D eigenvalue weighted by molar-refractivity contribution is 6.30. The summed E-state index contributed by atoms with van der Waals surface area (Å²) in [5.41, 5.74) is 4.64. The molecule has 1 atom stereocenters. The van der Waals surface area contributed by atoms with Crippen LogP contribution in [0.3, 0.4) is 0 Å². The number of benzene rings is 2. The second-order valence-corrected chi connectivity index (χ2v) is 7.12. The summed E-state index contributed by atoms with van der Waals surface area (Å²) >= 11 is 5.98. The molecule has 0 saturated carbocycles. The Bertz CT molecular complexity index is 864. The standard InChI is InChI=1S/C21H24ClN3O3/c1-13(2)19(24-20(26)15-7-5-14(3)6-8-15)21(27)25-23-12-16-11-17(22)9-10-18(16)28-4/h5-13,19H,1-4H3,(H,24,26)(H,25,27)/b23-12-. The first-order chi connectivity index (χ1) is 13.3. The fourth-order valence-electron chi connectivity index (χ4n) is 2.51. The van der Waals surface area contributed by atoms with Gasteiger partial charge in [0, 0.05) is 16.1 Å². The highest BCUT2D eigenvalue weighted by Gasteiger charge is 2.24. The molecule has 2 N–H and O–H groups in total. The first-order valence-electron chi connectivity index (χ1n) is 8.85. The molecule has 1 unspecified atom stereocenters. The van der Waals surface area contributed by atoms with Crippen LogP contribution in [0, 0.1) is 12.8 Å². The summed E-state index contributed by atoms with van der Waals surface area (Å²) in [6.45, 7) is 5.64. The van der Waals surface area contributed by atoms with Gasteiger partial charge in [0.25, 0.3) is 11.8 Å². The maximum atomic E-state index is 12.5. The van der Waals surface area contributed by atoms with Crippen molar-refractivity contribution in [1.29, 1.82) is 0 Å². The molecule has 0 bridgehead atoms. The highest BCUT2D eigenvalue weighted by atomic mass is 35.5. The quantitative estimate of drug-likeness (QED) is 0.550. The minimum Gasteiger partial charge on any atom is -0.496 e. The van der Waals surface area contributed by atoms with Gasteiger partial charge in [-0.1, -0.05) is 43.1 Å². The molecule has 6 nitrogen and oxygen atoms in total. The van der Waals surface area contributed by atoms with Gasteiger partial charge in [0.15, 0.2) is 0 Å². The van der Waals surface area contributed by atoms with Crippen molar-refractivity contribution in [1.82, 2.24) is 10.7 Å². The number of carbonyl (C=O) groups excluding carboxylic acids is 2. The number of hydrogen-bond donors (Lipinski definition) is 2. The number of nitrogens with one attached hydrogen (secondary N) is 2. The predicted octanol–water partition coefficient (Wildman–Crippen LogP) is 3.56. The number of carbonyl (C=O) groups is 2. The first kappa shape index (κ1) is 21.4. The number of halogens is 1. The lowest BCUT2D eigenvalue weighted by atomic mass is 10.0. The molecule has 7 heteroatoms. The van der Waals surface area contributed by atoms with Crippen LogP contribution in [0.25, 0.3) is 0 Å². The first-order valence-corrected chi connectivity index (χ1v) is 9.23. The number of amides is 2. The lowest BCUT2D eigenvalue weighted by Crippen LogP contribution is -2.48. The van der Waals surface area contributed by atoms with Crippen molar-refractivity contribution < 1.29 is 14.3 Å². The van der Waals surface area contributed by atoms with Gasteiger partial charge in [-0.2, -0.15) is 5.10 Å². The summed E-state index contributed by atoms with van der Waals surface area (Å²) in [4.78, 5) is 25.0. The number of methoxy groups -OCH3 is 1. The minimum absolute atomic E-state index is 0.120. The molecule has 0 heterocycles. The van der Waals surface area contributed by atoms with E-state index >= 15 is 0 Å². The maximum Gasteiger partial charge on any atom is 0.262 e. The van der Waals surface area contributed by atoms with Crippen molar-refractivity contribution in [2.45, 2.75) is 26.8 Å². The Morgan fingerprint density at radius 3 is 2.43 bits per heavy atom. The van der Waals surface area contributed by atoms with Crippen molar-refractivity contribution in [3.05, 3.63) is 64.2 Å². The van der Waals surface area contributed by atoms with Crippen molar-refractivity contribution in [3.8, 4) is 5.75 Å². The maximum absolute atomic E-state index is 12.5. The van der Waals surface area contributed by atoms with Crippen molar-refractivity contribution >= 4 is 29.6 Å². The molecular formula is C21H24ClN3O3. The molecule has 0 saturated heterocycles. The molecule has 28 heavy (non-hydrogen) atoms. The van der Waals surface area contributed by atoms with Gasteiger partial charge in [-0.25, -0.2) is 5.43 Å². The Balaban J connectivity index is 2.06. The normalized spacial score (nSPS) is 12.1. The van der Waals surface area contributed by atoms with E-state index in [1.54, 1.807) is 30.3 Å². The third-order valence-corrected chi connectivity index (χ3v) is 4.35. The average molecular weight is 402 g/mol. The molecule has 2 aromatic rings. The predicted molar refractivity (Wildman–Crippen MR) is 111 cm³/mol. The number of hydrazone groups is 1. The van der Waals surface area contributed by atoms with Crippen LogP contribution in [0.5, 0.6) is 5.75 Å². The highest BCUT2D eigenvalue weighted by Crippen LogP contribution is 2.20. The van der Waals surface area contributed by atoms with Crippen LogP contribution >= 0.6 is 11.6 Å². The number of aryl methyl sites for hydroxylation is 1. The smallest absolute Gasteiger partial charge is 0.262 e. The van der Waals surface area contributed by atoms with Gasteiger partial charge in [0.2, 0.25) is 0 Å². The number of hydrogen-bond acceptors (Lipinski definition) is 4. The lowest BCUT2D eigenvalue weighted by Gasteiger charge is -2.20. The molecule has 0 radical (unpaired) electrons. The Hall–Kier alpha value is -2.86. The lowest BCUT2D eigenvalue weighted by molar-refractivity contribution is -0.123. The second kappa shape index (κ2) is 9.90. The third-order valence-electron chi connectivity index (χ3n) is 4.12. The van der Waals surface area contributed by atoms with Gasteiger partial charge in [-0.3, -0.25) is 9.59 Å². The van der Waals surface area contributed by atoms with E-state index < -0.39 is 11.9 Å². The molecule has 0 aromatic heterocycles. The largest absolute Gasteiger partial charge is 0.496 e. The van der Waals surface area contributed by atoms with E-state index in [0.29, 0.717) is 21.9 Å². The van der Waals surface area contributed by atoms with E-state index in [4.69, 9.17) is 16.3 Å². The summed E-state index contributed by atoms with van der Waals surface area (Å²) in [7, 11) is 1.54. The van der Waals surface area contributed by atoms with Gasteiger partial charge in [0.1, 0.15) is 11.8 Å². The van der Waals surface area contributed by atoms with E-state index in [2.05, 4.69) is 15.8 Å². The molecule has 2 rings (SSSR count). The average Bonchev–Trinajstić information content (AvgIpc) is 2.66. The van der Waals surface area contributed by atoms with Gasteiger partial charge in [-0.15, -0.1) is 0 Å². The zero-order valence-corrected chi connectivity index (χ0v) is 17.1. The minimum atomic E-state index is -0.729. The molecule has 0 aliphatic carbocycles. The summed E-state index contributed by atoms with van der Waals surface area (Å²) in [5, 5.41) is 7.26.